The molecule has 0 fully saturated rings. The number of carbonyl (C=O) groups is 2. The summed E-state index contributed by atoms with van der Waals surface area (Å²) in [4.78, 5) is 20.8. The Bertz CT molecular complexity index is 185. The Morgan fingerprint density at radius 2 is 1.92 bits per heavy atom. The second kappa shape index (κ2) is 6.54. The number of hydrogen-bond donors (Lipinski definition) is 3. The third kappa shape index (κ3) is 7.39. The lowest BCUT2D eigenvalue weighted by Crippen LogP contribution is -2.44. The number of carbonyl (C=O) groups excluding carboxylic acids is 1. The number of carboxylic acids is 1. The van der Waals surface area contributed by atoms with Crippen LogP contribution in [0.4, 0.5) is 4.79 Å². The lowest BCUT2D eigenvalue weighted by molar-refractivity contribution is -0.139. The molecule has 78 valence electrons. The number of carboxylic acid groups (broad SMARTS) is 1. The number of amides is 2. The Labute approximate surface area is 83.1 Å². The van der Waals surface area contributed by atoms with Crippen LogP contribution in [0, 0.1) is 5.92 Å². The Kier molecular flexibility index (Phi) is 7.31. The largest absolute Gasteiger partial charge is 0.480 e. The van der Waals surface area contributed by atoms with Gasteiger partial charge in [-0.15, -0.1) is 12.4 Å². The number of nitrogens with one attached hydrogen (secondary N) is 1. The highest BCUT2D eigenvalue weighted by molar-refractivity contribution is 5.85. The van der Waals surface area contributed by atoms with Crippen molar-refractivity contribution in [2.45, 2.75) is 26.3 Å². The fourth-order valence-electron chi connectivity index (χ4n) is 0.865. The van der Waals surface area contributed by atoms with E-state index in [1.54, 1.807) is 0 Å². The fraction of sp³-hybridized carbons (Fsp3) is 0.714. The van der Waals surface area contributed by atoms with Crippen LogP contribution in [-0.4, -0.2) is 23.1 Å². The van der Waals surface area contributed by atoms with Gasteiger partial charge in [-0.25, -0.2) is 9.59 Å². The summed E-state index contributed by atoms with van der Waals surface area (Å²) < 4.78 is 0. The van der Waals surface area contributed by atoms with Gasteiger partial charge in [0.1, 0.15) is 6.04 Å². The zero-order valence-electron chi connectivity index (χ0n) is 7.61. The summed E-state index contributed by atoms with van der Waals surface area (Å²) in [6.07, 6.45) is 0.387. The molecule has 1 atom stereocenters. The molecule has 0 saturated carbocycles. The average molecular weight is 211 g/mol. The molecular weight excluding hydrogens is 196 g/mol. The molecule has 0 spiro atoms. The number of halogens is 1. The van der Waals surface area contributed by atoms with Gasteiger partial charge < -0.3 is 16.2 Å². The van der Waals surface area contributed by atoms with Crippen molar-refractivity contribution in [2.24, 2.45) is 11.7 Å². The number of urea groups is 1. The molecule has 0 aromatic heterocycles. The van der Waals surface area contributed by atoms with Gasteiger partial charge in [-0.1, -0.05) is 13.8 Å². The predicted molar refractivity (Wildman–Crippen MR) is 50.8 cm³/mol. The third-order valence-corrected chi connectivity index (χ3v) is 1.32. The minimum absolute atomic E-state index is 0. The van der Waals surface area contributed by atoms with E-state index in [1.165, 1.54) is 0 Å². The van der Waals surface area contributed by atoms with Gasteiger partial charge in [-0.3, -0.25) is 0 Å². The summed E-state index contributed by atoms with van der Waals surface area (Å²) in [6, 6.07) is -1.68. The van der Waals surface area contributed by atoms with Crippen LogP contribution in [0.1, 0.15) is 20.3 Å². The van der Waals surface area contributed by atoms with Gasteiger partial charge >= 0.3 is 12.0 Å². The minimum atomic E-state index is -1.05. The van der Waals surface area contributed by atoms with Crippen LogP contribution in [-0.2, 0) is 4.79 Å². The summed E-state index contributed by atoms with van der Waals surface area (Å²) >= 11 is 0. The molecule has 4 N–H and O–H groups in total. The maximum atomic E-state index is 10.5. The van der Waals surface area contributed by atoms with Crippen molar-refractivity contribution >= 4 is 24.4 Å². The van der Waals surface area contributed by atoms with Gasteiger partial charge in [0.25, 0.3) is 0 Å². The first kappa shape index (κ1) is 14.5. The van der Waals surface area contributed by atoms with Crippen molar-refractivity contribution in [3.05, 3.63) is 0 Å². The molecule has 0 aliphatic heterocycles. The number of nitrogens with two attached hydrogens (primary N) is 1. The standard InChI is InChI=1S/C7H14N2O3.ClH/c1-4(2)3-5(6(10)11)9-7(8)12;/h4-5H,3H2,1-2H3,(H,10,11)(H3,8,9,12);1H/t5-;/m0./s1. The minimum Gasteiger partial charge on any atom is -0.480 e. The molecule has 13 heavy (non-hydrogen) atoms. The van der Waals surface area contributed by atoms with Crippen LogP contribution in [0.15, 0.2) is 0 Å². The van der Waals surface area contributed by atoms with Crippen LogP contribution in [0.25, 0.3) is 0 Å². The monoisotopic (exact) mass is 210 g/mol. The van der Waals surface area contributed by atoms with Crippen LogP contribution >= 0.6 is 12.4 Å². The number of rotatable bonds is 4. The molecule has 0 rings (SSSR count). The van der Waals surface area contributed by atoms with Crippen LogP contribution in [0.5, 0.6) is 0 Å². The van der Waals surface area contributed by atoms with E-state index in [0.717, 1.165) is 0 Å². The van der Waals surface area contributed by atoms with E-state index in [2.05, 4.69) is 5.32 Å². The average Bonchev–Trinajstić information content (AvgIpc) is 1.83. The second-order valence-electron chi connectivity index (χ2n) is 3.03. The molecule has 0 radical (unpaired) electrons. The van der Waals surface area contributed by atoms with Crippen molar-refractivity contribution in [3.8, 4) is 0 Å². The zero-order valence-corrected chi connectivity index (χ0v) is 8.43. The summed E-state index contributed by atoms with van der Waals surface area (Å²) in [5.41, 5.74) is 4.79. The smallest absolute Gasteiger partial charge is 0.326 e. The van der Waals surface area contributed by atoms with Crippen molar-refractivity contribution < 1.29 is 14.7 Å². The highest BCUT2D eigenvalue weighted by Gasteiger charge is 2.19. The van der Waals surface area contributed by atoms with E-state index >= 15 is 0 Å². The molecule has 0 aromatic rings. The van der Waals surface area contributed by atoms with Gasteiger partial charge in [0.2, 0.25) is 0 Å². The molecule has 5 nitrogen and oxygen atoms in total. The molecule has 2 amide bonds. The molecule has 0 bridgehead atoms. The van der Waals surface area contributed by atoms with E-state index in [1.807, 2.05) is 13.8 Å². The highest BCUT2D eigenvalue weighted by atomic mass is 35.5. The van der Waals surface area contributed by atoms with Gasteiger partial charge in [0, 0.05) is 0 Å². The Morgan fingerprint density at radius 3 is 2.15 bits per heavy atom. The second-order valence-corrected chi connectivity index (χ2v) is 3.03. The molecule has 6 heteroatoms. The first-order valence-electron chi connectivity index (χ1n) is 3.72. The predicted octanol–water partition coefficient (Wildman–Crippen LogP) is 0.576. The summed E-state index contributed by atoms with van der Waals surface area (Å²) in [5, 5.41) is 10.8. The maximum absolute atomic E-state index is 10.5. The summed E-state index contributed by atoms with van der Waals surface area (Å²) in [5.74, 6) is -0.847. The molecule has 0 aliphatic carbocycles. The molecular formula is C7H15ClN2O3. The zero-order chi connectivity index (χ0) is 9.72. The Balaban J connectivity index is 0. The van der Waals surface area contributed by atoms with Crippen molar-refractivity contribution in [1.29, 1.82) is 0 Å². The molecule has 0 aliphatic rings. The molecule has 0 aromatic carbocycles. The van der Waals surface area contributed by atoms with Crippen molar-refractivity contribution in [3.63, 3.8) is 0 Å². The van der Waals surface area contributed by atoms with E-state index in [4.69, 9.17) is 10.8 Å². The lowest BCUT2D eigenvalue weighted by atomic mass is 10.0. The molecule has 0 heterocycles. The maximum Gasteiger partial charge on any atom is 0.326 e. The van der Waals surface area contributed by atoms with Crippen LogP contribution in [0.3, 0.4) is 0 Å². The number of hydrogen-bond acceptors (Lipinski definition) is 2. The van der Waals surface area contributed by atoms with E-state index in [0.29, 0.717) is 6.42 Å². The third-order valence-electron chi connectivity index (χ3n) is 1.32. The normalized spacial score (nSPS) is 11.6. The Morgan fingerprint density at radius 1 is 1.46 bits per heavy atom. The fourth-order valence-corrected chi connectivity index (χ4v) is 0.865. The first-order valence-corrected chi connectivity index (χ1v) is 3.72. The summed E-state index contributed by atoms with van der Waals surface area (Å²) in [6.45, 7) is 3.75. The van der Waals surface area contributed by atoms with Crippen molar-refractivity contribution in [1.82, 2.24) is 5.32 Å². The van der Waals surface area contributed by atoms with Gasteiger partial charge in [-0.05, 0) is 12.3 Å². The Hall–Kier alpha value is -0.970. The van der Waals surface area contributed by atoms with Crippen LogP contribution < -0.4 is 11.1 Å². The lowest BCUT2D eigenvalue weighted by Gasteiger charge is -2.14. The highest BCUT2D eigenvalue weighted by Crippen LogP contribution is 2.04. The topological polar surface area (TPSA) is 92.4 Å². The molecule has 0 saturated heterocycles. The SMILES string of the molecule is CC(C)C[C@H](NC(N)=O)C(=O)O.Cl. The number of primary amides is 1. The summed E-state index contributed by atoms with van der Waals surface area (Å²) in [7, 11) is 0. The van der Waals surface area contributed by atoms with Gasteiger partial charge in [0.15, 0.2) is 0 Å². The first-order chi connectivity index (χ1) is 5.43. The molecule has 0 unspecified atom stereocenters. The van der Waals surface area contributed by atoms with E-state index < -0.39 is 18.0 Å². The number of aliphatic carboxylic acids is 1. The van der Waals surface area contributed by atoms with Gasteiger partial charge in [0.05, 0.1) is 0 Å². The van der Waals surface area contributed by atoms with Crippen molar-refractivity contribution in [2.75, 3.05) is 0 Å². The van der Waals surface area contributed by atoms with Gasteiger partial charge in [-0.2, -0.15) is 0 Å². The van der Waals surface area contributed by atoms with E-state index in [9.17, 15) is 9.59 Å². The van der Waals surface area contributed by atoms with Crippen LogP contribution in [0.2, 0.25) is 0 Å². The quantitative estimate of drug-likeness (QED) is 0.634. The van der Waals surface area contributed by atoms with E-state index in [-0.39, 0.29) is 18.3 Å².